The van der Waals surface area contributed by atoms with E-state index in [4.69, 9.17) is 0 Å². The van der Waals surface area contributed by atoms with Crippen molar-refractivity contribution in [3.8, 4) is 0 Å². The first kappa shape index (κ1) is 6.15. The van der Waals surface area contributed by atoms with Gasteiger partial charge in [-0.25, -0.2) is 0 Å². The Hall–Kier alpha value is -0.970. The molecule has 5 heteroatoms. The van der Waals surface area contributed by atoms with Gasteiger partial charge >= 0.3 is 5.30 Å². The Balaban J connectivity index is 2.98. The third-order valence-electron chi connectivity index (χ3n) is 0.719. The predicted molar refractivity (Wildman–Crippen MR) is 30.0 cm³/mol. The van der Waals surface area contributed by atoms with Crippen molar-refractivity contribution in [3.63, 3.8) is 0 Å². The fraction of sp³-hybridized carbons (Fsp3) is 0.250. The van der Waals surface area contributed by atoms with Crippen molar-refractivity contribution in [3.05, 3.63) is 11.9 Å². The lowest BCUT2D eigenvalue weighted by Crippen LogP contribution is -2.17. The van der Waals surface area contributed by atoms with Crippen molar-refractivity contribution in [1.82, 2.24) is 8.75 Å². The highest BCUT2D eigenvalue weighted by atomic mass is 32.2. The highest BCUT2D eigenvalue weighted by molar-refractivity contribution is 7.41. The molecule has 1 atom stereocenters. The van der Waals surface area contributed by atoms with Crippen LogP contribution in [-0.2, 0) is 0 Å². The zero-order valence-corrected chi connectivity index (χ0v) is 5.51. The molecule has 4 nitrogen and oxygen atoms in total. The van der Waals surface area contributed by atoms with Gasteiger partial charge in [0, 0.05) is 0 Å². The molecule has 1 aromatic heterocycles. The Morgan fingerprint density at radius 3 is 2.78 bits per heavy atom. The molecule has 0 spiro atoms. The highest BCUT2D eigenvalue weighted by Crippen LogP contribution is 2.06. The number of hydrogen-bond acceptors (Lipinski definition) is 4. The van der Waals surface area contributed by atoms with Crippen LogP contribution in [0.4, 0.5) is 4.79 Å². The Labute approximate surface area is 54.4 Å². The predicted octanol–water partition coefficient (Wildman–Crippen LogP) is -0.274. The van der Waals surface area contributed by atoms with Crippen molar-refractivity contribution in [2.75, 3.05) is 0 Å². The van der Waals surface area contributed by atoms with Gasteiger partial charge < -0.3 is 9.90 Å². The van der Waals surface area contributed by atoms with Crippen LogP contribution in [0.3, 0.4) is 0 Å². The maximum absolute atomic E-state index is 10.0. The lowest BCUT2D eigenvalue weighted by atomic mass is 10.6. The van der Waals surface area contributed by atoms with Crippen LogP contribution >= 0.6 is 10.9 Å². The van der Waals surface area contributed by atoms with Gasteiger partial charge in [-0.15, -0.1) is 0 Å². The molecule has 0 aliphatic heterocycles. The van der Waals surface area contributed by atoms with Crippen LogP contribution < -0.4 is 5.11 Å². The van der Waals surface area contributed by atoms with E-state index in [-0.39, 0.29) is 0 Å². The highest BCUT2D eigenvalue weighted by Gasteiger charge is 2.10. The molecule has 0 aliphatic carbocycles. The zero-order chi connectivity index (χ0) is 6.85. The van der Waals surface area contributed by atoms with E-state index in [0.717, 1.165) is 0 Å². The van der Waals surface area contributed by atoms with Crippen LogP contribution in [0.15, 0.2) is 6.20 Å². The average Bonchev–Trinajstić information content (AvgIpc) is 2.14. The van der Waals surface area contributed by atoms with E-state index in [0.29, 0.717) is 5.69 Å². The smallest absolute Gasteiger partial charge is 0.353 e. The van der Waals surface area contributed by atoms with Crippen LogP contribution in [0.25, 0.3) is 0 Å². The molecule has 0 radical (unpaired) electrons. The topological polar surface area (TPSA) is 65.9 Å². The maximum Gasteiger partial charge on any atom is 0.353 e. The lowest BCUT2D eigenvalue weighted by molar-refractivity contribution is -0.233. The number of carbonyl (C=O) groups excluding carboxylic acids is 1. The molecule has 0 saturated heterocycles. The summed E-state index contributed by atoms with van der Waals surface area (Å²) in [7, 11) is -1.25. The van der Waals surface area contributed by atoms with Gasteiger partial charge in [0.05, 0.1) is 0 Å². The second-order valence-electron chi connectivity index (χ2n) is 1.48. The molecule has 0 fully saturated rings. The van der Waals surface area contributed by atoms with Crippen LogP contribution in [-0.4, -0.2) is 14.0 Å². The number of aryl methyl sites for hydroxylation is 1. The van der Waals surface area contributed by atoms with E-state index >= 15 is 0 Å². The molecule has 0 N–H and O–H groups in total. The molecule has 1 aromatic rings. The van der Waals surface area contributed by atoms with Crippen LogP contribution in [0.2, 0.25) is 0 Å². The van der Waals surface area contributed by atoms with E-state index in [1.54, 1.807) is 6.92 Å². The molecule has 0 saturated carbocycles. The normalized spacial score (nSPS) is 11.4. The van der Waals surface area contributed by atoms with E-state index in [9.17, 15) is 9.90 Å². The molecule has 0 aliphatic rings. The van der Waals surface area contributed by atoms with Gasteiger partial charge in [-0.1, -0.05) is 0 Å². The average molecular weight is 144 g/mol. The van der Waals surface area contributed by atoms with E-state index in [1.807, 2.05) is 0 Å². The Morgan fingerprint density at radius 2 is 2.56 bits per heavy atom. The maximum atomic E-state index is 10.0. The van der Waals surface area contributed by atoms with Gasteiger partial charge in [-0.3, -0.25) is 0 Å². The second kappa shape index (κ2) is 2.10. The number of rotatable bonds is 1. The number of hydrogen-bond donors (Lipinski definition) is 0. The van der Waals surface area contributed by atoms with Gasteiger partial charge in [-0.05, 0) is 15.7 Å². The molecule has 0 bridgehead atoms. The quantitative estimate of drug-likeness (QED) is 0.509. The first-order valence-corrected chi connectivity index (χ1v) is 3.39. The molecule has 1 heterocycles. The summed E-state index contributed by atoms with van der Waals surface area (Å²) in [5.74, 6) is 0. The fourth-order valence-electron chi connectivity index (χ4n) is 0.390. The van der Waals surface area contributed by atoms with Crippen LogP contribution in [0.5, 0.6) is 0 Å². The number of carbonyl (C=O) groups is 1. The van der Waals surface area contributed by atoms with E-state index < -0.39 is 16.2 Å². The van der Waals surface area contributed by atoms with Crippen molar-refractivity contribution < 1.29 is 9.90 Å². The molecular weight excluding hydrogens is 140 g/mol. The summed E-state index contributed by atoms with van der Waals surface area (Å²) in [6, 6.07) is 0. The van der Waals surface area contributed by atoms with Crippen molar-refractivity contribution in [2.45, 2.75) is 6.92 Å². The monoisotopic (exact) mass is 144 g/mol. The standard InChI is InChI=1S/C4H4N2O2S/c1-3-2-5-9(6-3)4(7)8/h2H,1H3. The summed E-state index contributed by atoms with van der Waals surface area (Å²) < 4.78 is 7.20. The van der Waals surface area contributed by atoms with Gasteiger partial charge in [0.15, 0.2) is 0 Å². The van der Waals surface area contributed by atoms with E-state index in [1.165, 1.54) is 6.20 Å². The number of carboxylic acid groups (broad SMARTS) is 1. The minimum Gasteiger partial charge on any atom is -0.496 e. The van der Waals surface area contributed by atoms with Crippen molar-refractivity contribution in [1.29, 1.82) is 0 Å². The molecule has 0 amide bonds. The van der Waals surface area contributed by atoms with Crippen LogP contribution in [0.1, 0.15) is 5.69 Å². The van der Waals surface area contributed by atoms with Crippen molar-refractivity contribution >= 4 is 16.2 Å². The molecule has 48 valence electrons. The van der Waals surface area contributed by atoms with Gasteiger partial charge in [0.2, 0.25) is 0 Å². The fourth-order valence-corrected chi connectivity index (χ4v) is 1.17. The Morgan fingerprint density at radius 1 is 1.89 bits per heavy atom. The minimum absolute atomic E-state index is 0.641. The second-order valence-corrected chi connectivity index (χ2v) is 2.74. The first-order valence-electron chi connectivity index (χ1n) is 2.25. The molecule has 1 unspecified atom stereocenters. The number of nitrogens with zero attached hydrogens (tertiary/aromatic N) is 2. The summed E-state index contributed by atoms with van der Waals surface area (Å²) in [6.07, 6.45) is 1.43. The first-order chi connectivity index (χ1) is 4.20. The van der Waals surface area contributed by atoms with Gasteiger partial charge in [0.1, 0.15) is 11.9 Å². The Bertz CT molecular complexity index is 232. The summed E-state index contributed by atoms with van der Waals surface area (Å²) >= 11 is 0. The summed E-state index contributed by atoms with van der Waals surface area (Å²) in [5.41, 5.74) is 0.641. The number of aromatic nitrogens is 2. The van der Waals surface area contributed by atoms with E-state index in [2.05, 4.69) is 8.75 Å². The molecular formula is C4H4N2O2S. The van der Waals surface area contributed by atoms with Gasteiger partial charge in [-0.2, -0.15) is 0 Å². The zero-order valence-electron chi connectivity index (χ0n) is 4.70. The SMILES string of the molecule is Cc1cn[s+](C(=O)[O-])n1. The molecule has 1 rings (SSSR count). The largest absolute Gasteiger partial charge is 0.496 e. The lowest BCUT2D eigenvalue weighted by Gasteiger charge is -1.75. The summed E-state index contributed by atoms with van der Waals surface area (Å²) in [5, 5.41) is 8.81. The Kier molecular flexibility index (Phi) is 1.44. The molecule has 0 aromatic carbocycles. The molecule has 9 heavy (non-hydrogen) atoms. The van der Waals surface area contributed by atoms with Crippen LogP contribution in [0, 0.1) is 6.92 Å². The summed E-state index contributed by atoms with van der Waals surface area (Å²) in [6.45, 7) is 1.69. The van der Waals surface area contributed by atoms with Crippen molar-refractivity contribution in [2.24, 2.45) is 0 Å². The van der Waals surface area contributed by atoms with Gasteiger partial charge in [0.25, 0.3) is 10.9 Å². The minimum atomic E-state index is -1.25. The third-order valence-corrected chi connectivity index (χ3v) is 1.78. The third kappa shape index (κ3) is 1.23. The summed E-state index contributed by atoms with van der Waals surface area (Å²) in [4.78, 5) is 10.0.